The standard InChI is InChI=1S/C22H17F3N2O4/c1-12-9-15(26)5-7-18(12)30-20(28)13-3-2-4-14(10-13)21(29)31-19-8-6-16(27)11-17(19)22(23,24)25/h2-11H,26-27H2,1H3. The maximum absolute atomic E-state index is 13.2. The number of nitrogens with two attached hydrogens (primary N) is 2. The molecule has 0 radical (unpaired) electrons. The number of hydrogen-bond acceptors (Lipinski definition) is 6. The van der Waals surface area contributed by atoms with Gasteiger partial charge in [0, 0.05) is 11.4 Å². The van der Waals surface area contributed by atoms with Crippen molar-refractivity contribution < 1.29 is 32.2 Å². The van der Waals surface area contributed by atoms with E-state index in [9.17, 15) is 22.8 Å². The van der Waals surface area contributed by atoms with Crippen molar-refractivity contribution in [3.63, 3.8) is 0 Å². The molecule has 9 heteroatoms. The molecule has 0 bridgehead atoms. The molecule has 6 nitrogen and oxygen atoms in total. The number of aryl methyl sites for hydroxylation is 1. The van der Waals surface area contributed by atoms with Gasteiger partial charge in [-0.2, -0.15) is 13.2 Å². The van der Waals surface area contributed by atoms with Crippen molar-refractivity contribution in [2.45, 2.75) is 13.1 Å². The van der Waals surface area contributed by atoms with Gasteiger partial charge in [-0.1, -0.05) is 6.07 Å². The largest absolute Gasteiger partial charge is 0.423 e. The summed E-state index contributed by atoms with van der Waals surface area (Å²) in [6.45, 7) is 1.71. The Hall–Kier alpha value is -4.01. The fraction of sp³-hybridized carbons (Fsp3) is 0.0909. The number of benzene rings is 3. The van der Waals surface area contributed by atoms with Crippen molar-refractivity contribution in [1.82, 2.24) is 0 Å². The second-order valence-corrected chi connectivity index (χ2v) is 6.64. The van der Waals surface area contributed by atoms with Crippen LogP contribution in [-0.2, 0) is 6.18 Å². The number of alkyl halides is 3. The maximum Gasteiger partial charge on any atom is 0.420 e. The average Bonchev–Trinajstić information content (AvgIpc) is 2.70. The number of halogens is 3. The summed E-state index contributed by atoms with van der Waals surface area (Å²) in [5.74, 6) is -2.25. The van der Waals surface area contributed by atoms with E-state index in [0.717, 1.165) is 6.07 Å². The highest BCUT2D eigenvalue weighted by molar-refractivity contribution is 5.97. The fourth-order valence-corrected chi connectivity index (χ4v) is 2.74. The number of carbonyl (C=O) groups is 2. The maximum atomic E-state index is 13.2. The van der Waals surface area contributed by atoms with Crippen molar-refractivity contribution >= 4 is 23.3 Å². The van der Waals surface area contributed by atoms with Gasteiger partial charge < -0.3 is 20.9 Å². The molecule has 0 aliphatic rings. The Labute approximate surface area is 175 Å². The number of anilines is 2. The minimum absolute atomic E-state index is 0.0130. The van der Waals surface area contributed by atoms with Crippen LogP contribution in [0.2, 0.25) is 0 Å². The summed E-state index contributed by atoms with van der Waals surface area (Å²) >= 11 is 0. The summed E-state index contributed by atoms with van der Waals surface area (Å²) in [6.07, 6.45) is -4.77. The van der Waals surface area contributed by atoms with E-state index < -0.39 is 29.4 Å². The molecule has 0 aromatic heterocycles. The summed E-state index contributed by atoms with van der Waals surface area (Å²) in [6, 6.07) is 12.8. The molecule has 0 amide bonds. The van der Waals surface area contributed by atoms with Crippen molar-refractivity contribution in [2.75, 3.05) is 11.5 Å². The highest BCUT2D eigenvalue weighted by Crippen LogP contribution is 2.37. The Morgan fingerprint density at radius 2 is 1.29 bits per heavy atom. The monoisotopic (exact) mass is 430 g/mol. The van der Waals surface area contributed by atoms with Gasteiger partial charge in [0.1, 0.15) is 17.1 Å². The van der Waals surface area contributed by atoms with Crippen LogP contribution < -0.4 is 20.9 Å². The predicted octanol–water partition coefficient (Wildman–Crippen LogP) is 4.62. The number of esters is 2. The van der Waals surface area contributed by atoms with E-state index in [4.69, 9.17) is 20.9 Å². The van der Waals surface area contributed by atoms with E-state index in [1.807, 2.05) is 0 Å². The number of nitrogen functional groups attached to an aromatic ring is 2. The fourth-order valence-electron chi connectivity index (χ4n) is 2.74. The lowest BCUT2D eigenvalue weighted by molar-refractivity contribution is -0.138. The first kappa shape index (κ1) is 21.7. The van der Waals surface area contributed by atoms with Gasteiger partial charge in [0.25, 0.3) is 0 Å². The van der Waals surface area contributed by atoms with Crippen molar-refractivity contribution in [3.05, 3.63) is 82.9 Å². The van der Waals surface area contributed by atoms with Crippen LogP contribution in [0.15, 0.2) is 60.7 Å². The highest BCUT2D eigenvalue weighted by Gasteiger charge is 2.35. The van der Waals surface area contributed by atoms with Gasteiger partial charge in [-0.25, -0.2) is 9.59 Å². The van der Waals surface area contributed by atoms with E-state index in [2.05, 4.69) is 0 Å². The molecule has 0 aliphatic carbocycles. The number of hydrogen-bond donors (Lipinski definition) is 2. The van der Waals surface area contributed by atoms with Crippen LogP contribution in [0.1, 0.15) is 31.8 Å². The topological polar surface area (TPSA) is 105 Å². The van der Waals surface area contributed by atoms with Crippen molar-refractivity contribution in [3.8, 4) is 11.5 Å². The lowest BCUT2D eigenvalue weighted by Gasteiger charge is -2.13. The summed E-state index contributed by atoms with van der Waals surface area (Å²) < 4.78 is 49.8. The Morgan fingerprint density at radius 1 is 0.774 bits per heavy atom. The normalized spacial score (nSPS) is 11.1. The van der Waals surface area contributed by atoms with Gasteiger partial charge in [-0.3, -0.25) is 0 Å². The van der Waals surface area contributed by atoms with Crippen molar-refractivity contribution in [1.29, 1.82) is 0 Å². The van der Waals surface area contributed by atoms with Gasteiger partial charge in [0.15, 0.2) is 0 Å². The second kappa shape index (κ2) is 8.39. The minimum Gasteiger partial charge on any atom is -0.423 e. The van der Waals surface area contributed by atoms with Crippen LogP contribution in [-0.4, -0.2) is 11.9 Å². The molecular formula is C22H17F3N2O4. The Bertz CT molecular complexity index is 1160. The first-order valence-electron chi connectivity index (χ1n) is 8.92. The van der Waals surface area contributed by atoms with Crippen LogP contribution in [0.5, 0.6) is 11.5 Å². The third-order valence-corrected chi connectivity index (χ3v) is 4.25. The van der Waals surface area contributed by atoms with E-state index >= 15 is 0 Å². The summed E-state index contributed by atoms with van der Waals surface area (Å²) in [4.78, 5) is 24.9. The molecule has 0 atom stereocenters. The molecule has 4 N–H and O–H groups in total. The molecule has 3 aromatic rings. The zero-order valence-electron chi connectivity index (χ0n) is 16.2. The highest BCUT2D eigenvalue weighted by atomic mass is 19.4. The van der Waals surface area contributed by atoms with E-state index in [1.54, 1.807) is 19.1 Å². The molecule has 160 valence electrons. The molecule has 0 fully saturated rings. The molecule has 0 heterocycles. The Kier molecular flexibility index (Phi) is 5.87. The van der Waals surface area contributed by atoms with Gasteiger partial charge in [0.05, 0.1) is 11.1 Å². The van der Waals surface area contributed by atoms with Crippen LogP contribution >= 0.6 is 0 Å². The predicted molar refractivity (Wildman–Crippen MR) is 108 cm³/mol. The molecule has 0 unspecified atom stereocenters. The zero-order valence-corrected chi connectivity index (χ0v) is 16.2. The molecule has 0 saturated carbocycles. The SMILES string of the molecule is Cc1cc(N)ccc1OC(=O)c1cccc(C(=O)Oc2ccc(N)cc2C(F)(F)F)c1. The van der Waals surface area contributed by atoms with Gasteiger partial charge in [-0.15, -0.1) is 0 Å². The van der Waals surface area contributed by atoms with Gasteiger partial charge in [-0.05, 0) is 67.1 Å². The van der Waals surface area contributed by atoms with Gasteiger partial charge >= 0.3 is 18.1 Å². The second-order valence-electron chi connectivity index (χ2n) is 6.64. The number of carbonyl (C=O) groups excluding carboxylic acids is 2. The van der Waals surface area contributed by atoms with Crippen LogP contribution in [0, 0.1) is 6.92 Å². The average molecular weight is 430 g/mol. The van der Waals surface area contributed by atoms with Gasteiger partial charge in [0.2, 0.25) is 0 Å². The molecule has 3 aromatic carbocycles. The van der Waals surface area contributed by atoms with E-state index in [1.165, 1.54) is 36.4 Å². The smallest absolute Gasteiger partial charge is 0.420 e. The Balaban J connectivity index is 1.82. The summed E-state index contributed by atoms with van der Waals surface area (Å²) in [5, 5.41) is 0. The molecule has 3 rings (SSSR count). The Morgan fingerprint density at radius 3 is 1.84 bits per heavy atom. The first-order valence-corrected chi connectivity index (χ1v) is 8.92. The quantitative estimate of drug-likeness (QED) is 0.356. The van der Waals surface area contributed by atoms with Crippen LogP contribution in [0.25, 0.3) is 0 Å². The van der Waals surface area contributed by atoms with E-state index in [-0.39, 0.29) is 22.6 Å². The van der Waals surface area contributed by atoms with Crippen molar-refractivity contribution in [2.24, 2.45) is 0 Å². The molecule has 0 spiro atoms. The molecule has 0 aliphatic heterocycles. The first-order chi connectivity index (χ1) is 14.5. The third-order valence-electron chi connectivity index (χ3n) is 4.25. The number of rotatable bonds is 4. The van der Waals surface area contributed by atoms with Crippen LogP contribution in [0.3, 0.4) is 0 Å². The third kappa shape index (κ3) is 5.13. The molecule has 0 saturated heterocycles. The lowest BCUT2D eigenvalue weighted by Crippen LogP contribution is -2.15. The van der Waals surface area contributed by atoms with Crippen LogP contribution in [0.4, 0.5) is 24.5 Å². The number of ether oxygens (including phenoxy) is 2. The lowest BCUT2D eigenvalue weighted by atomic mass is 10.1. The molecule has 31 heavy (non-hydrogen) atoms. The van der Waals surface area contributed by atoms with E-state index in [0.29, 0.717) is 17.3 Å². The summed E-state index contributed by atoms with van der Waals surface area (Å²) in [5.41, 5.74) is 10.8. The zero-order chi connectivity index (χ0) is 22.8. The molecular weight excluding hydrogens is 413 g/mol. The summed E-state index contributed by atoms with van der Waals surface area (Å²) in [7, 11) is 0. The minimum atomic E-state index is -4.77.